The number of aromatic hydroxyl groups is 1. The molecule has 0 spiro atoms. The molecule has 0 heterocycles. The van der Waals surface area contributed by atoms with Crippen molar-refractivity contribution in [2.75, 3.05) is 7.11 Å². The van der Waals surface area contributed by atoms with Crippen molar-refractivity contribution in [3.8, 4) is 17.6 Å². The van der Waals surface area contributed by atoms with Crippen LogP contribution in [-0.2, 0) is 9.53 Å². The monoisotopic (exact) mass is 208 g/mol. The summed E-state index contributed by atoms with van der Waals surface area (Å²) in [6, 6.07) is 3.49. The summed E-state index contributed by atoms with van der Waals surface area (Å²) in [6.07, 6.45) is -0.0622. The Hall–Kier alpha value is -2.02. The Morgan fingerprint density at radius 1 is 1.60 bits per heavy atom. The van der Waals surface area contributed by atoms with Crippen LogP contribution < -0.4 is 0 Å². The standard InChI is InChI=1S/C11H9FO3/c1-15-11(14)4-2-3-8-5-6-9(12)7-10(8)13/h5-7,13H,4H2,1H3. The maximum absolute atomic E-state index is 12.6. The number of ether oxygens (including phenoxy) is 1. The van der Waals surface area contributed by atoms with E-state index < -0.39 is 11.8 Å². The van der Waals surface area contributed by atoms with Crippen molar-refractivity contribution in [3.05, 3.63) is 29.6 Å². The number of carbonyl (C=O) groups is 1. The molecule has 0 aliphatic rings. The lowest BCUT2D eigenvalue weighted by Crippen LogP contribution is -1.97. The van der Waals surface area contributed by atoms with Gasteiger partial charge in [-0.15, -0.1) is 0 Å². The Labute approximate surface area is 86.5 Å². The largest absolute Gasteiger partial charge is 0.507 e. The molecule has 0 saturated carbocycles. The lowest BCUT2D eigenvalue weighted by atomic mass is 10.2. The molecule has 0 radical (unpaired) electrons. The normalized spacial score (nSPS) is 8.93. The average molecular weight is 208 g/mol. The maximum atomic E-state index is 12.6. The number of carbonyl (C=O) groups excluding carboxylic acids is 1. The third-order valence-electron chi connectivity index (χ3n) is 1.64. The number of esters is 1. The summed E-state index contributed by atoms with van der Waals surface area (Å²) < 4.78 is 16.9. The fourth-order valence-corrected chi connectivity index (χ4v) is 0.894. The molecule has 0 aliphatic heterocycles. The molecule has 0 amide bonds. The number of rotatable bonds is 1. The third kappa shape index (κ3) is 3.31. The quantitative estimate of drug-likeness (QED) is 0.561. The minimum absolute atomic E-state index is 0.0622. The van der Waals surface area contributed by atoms with Crippen LogP contribution in [0.15, 0.2) is 18.2 Å². The Balaban J connectivity index is 2.76. The molecule has 1 aromatic carbocycles. The minimum Gasteiger partial charge on any atom is -0.507 e. The number of halogens is 1. The van der Waals surface area contributed by atoms with Crippen molar-refractivity contribution in [2.24, 2.45) is 0 Å². The molecule has 15 heavy (non-hydrogen) atoms. The molecule has 0 aromatic heterocycles. The molecule has 1 aromatic rings. The van der Waals surface area contributed by atoms with Gasteiger partial charge in [0.2, 0.25) is 0 Å². The number of hydrogen-bond acceptors (Lipinski definition) is 3. The summed E-state index contributed by atoms with van der Waals surface area (Å²) in [5.74, 6) is 3.81. The first-order valence-electron chi connectivity index (χ1n) is 4.17. The van der Waals surface area contributed by atoms with Gasteiger partial charge in [0.1, 0.15) is 18.0 Å². The van der Waals surface area contributed by atoms with E-state index in [0.717, 1.165) is 6.07 Å². The predicted octanol–water partition coefficient (Wildman–Crippen LogP) is 1.45. The number of methoxy groups -OCH3 is 1. The first kappa shape index (κ1) is 11.1. The summed E-state index contributed by atoms with van der Waals surface area (Å²) in [6.45, 7) is 0. The zero-order valence-electron chi connectivity index (χ0n) is 8.08. The van der Waals surface area contributed by atoms with Crippen LogP contribution in [0.5, 0.6) is 5.75 Å². The third-order valence-corrected chi connectivity index (χ3v) is 1.64. The van der Waals surface area contributed by atoms with Gasteiger partial charge in [-0.2, -0.15) is 0 Å². The molecule has 4 heteroatoms. The van der Waals surface area contributed by atoms with E-state index in [1.807, 2.05) is 0 Å². The molecule has 3 nitrogen and oxygen atoms in total. The van der Waals surface area contributed by atoms with E-state index in [9.17, 15) is 14.3 Å². The minimum atomic E-state index is -0.536. The van der Waals surface area contributed by atoms with Crippen molar-refractivity contribution in [1.82, 2.24) is 0 Å². The van der Waals surface area contributed by atoms with Crippen molar-refractivity contribution in [2.45, 2.75) is 6.42 Å². The van der Waals surface area contributed by atoms with Gasteiger partial charge in [-0.05, 0) is 12.1 Å². The Bertz CT molecular complexity index is 429. The van der Waals surface area contributed by atoms with Gasteiger partial charge in [0, 0.05) is 6.07 Å². The fraction of sp³-hybridized carbons (Fsp3) is 0.182. The van der Waals surface area contributed by atoms with Crippen LogP contribution in [0.3, 0.4) is 0 Å². The lowest BCUT2D eigenvalue weighted by Gasteiger charge is -1.95. The highest BCUT2D eigenvalue weighted by molar-refractivity contribution is 5.72. The van der Waals surface area contributed by atoms with Gasteiger partial charge in [0.25, 0.3) is 0 Å². The lowest BCUT2D eigenvalue weighted by molar-refractivity contribution is -0.139. The summed E-state index contributed by atoms with van der Waals surface area (Å²) in [5.41, 5.74) is 0.278. The first-order valence-corrected chi connectivity index (χ1v) is 4.17. The van der Waals surface area contributed by atoms with E-state index in [4.69, 9.17) is 0 Å². The summed E-state index contributed by atoms with van der Waals surface area (Å²) >= 11 is 0. The second kappa shape index (κ2) is 5.01. The SMILES string of the molecule is COC(=O)CC#Cc1ccc(F)cc1O. The van der Waals surface area contributed by atoms with Gasteiger partial charge in [0.05, 0.1) is 12.7 Å². The number of benzene rings is 1. The van der Waals surface area contributed by atoms with Crippen LogP contribution in [0.25, 0.3) is 0 Å². The average Bonchev–Trinajstić information content (AvgIpc) is 2.21. The van der Waals surface area contributed by atoms with E-state index in [0.29, 0.717) is 0 Å². The van der Waals surface area contributed by atoms with Crippen molar-refractivity contribution in [1.29, 1.82) is 0 Å². The summed E-state index contributed by atoms with van der Waals surface area (Å²) in [5, 5.41) is 9.26. The van der Waals surface area contributed by atoms with E-state index in [1.165, 1.54) is 19.2 Å². The summed E-state index contributed by atoms with van der Waals surface area (Å²) in [7, 11) is 1.26. The summed E-state index contributed by atoms with van der Waals surface area (Å²) in [4.78, 5) is 10.7. The molecule has 0 bridgehead atoms. The van der Waals surface area contributed by atoms with Gasteiger partial charge < -0.3 is 9.84 Å². The zero-order chi connectivity index (χ0) is 11.3. The van der Waals surface area contributed by atoms with E-state index in [1.54, 1.807) is 0 Å². The highest BCUT2D eigenvalue weighted by Crippen LogP contribution is 2.16. The van der Waals surface area contributed by atoms with Crippen LogP contribution >= 0.6 is 0 Å². The molecular formula is C11H9FO3. The molecule has 78 valence electrons. The Morgan fingerprint density at radius 2 is 2.33 bits per heavy atom. The maximum Gasteiger partial charge on any atom is 0.317 e. The van der Waals surface area contributed by atoms with Crippen molar-refractivity contribution >= 4 is 5.97 Å². The topological polar surface area (TPSA) is 46.5 Å². The second-order valence-electron chi connectivity index (χ2n) is 2.72. The fourth-order valence-electron chi connectivity index (χ4n) is 0.894. The molecule has 0 saturated heterocycles. The zero-order valence-corrected chi connectivity index (χ0v) is 8.08. The number of phenols is 1. The molecule has 1 rings (SSSR count). The van der Waals surface area contributed by atoms with E-state index >= 15 is 0 Å². The second-order valence-corrected chi connectivity index (χ2v) is 2.72. The molecule has 0 fully saturated rings. The van der Waals surface area contributed by atoms with Crippen molar-refractivity contribution in [3.63, 3.8) is 0 Å². The van der Waals surface area contributed by atoms with E-state index in [-0.39, 0.29) is 17.7 Å². The molecule has 1 N–H and O–H groups in total. The van der Waals surface area contributed by atoms with Crippen LogP contribution in [0.4, 0.5) is 4.39 Å². The van der Waals surface area contributed by atoms with Crippen LogP contribution in [0.2, 0.25) is 0 Å². The van der Waals surface area contributed by atoms with E-state index in [2.05, 4.69) is 16.6 Å². The van der Waals surface area contributed by atoms with Crippen LogP contribution in [0.1, 0.15) is 12.0 Å². The van der Waals surface area contributed by atoms with Gasteiger partial charge in [0.15, 0.2) is 0 Å². The Kier molecular flexibility index (Phi) is 3.69. The van der Waals surface area contributed by atoms with Gasteiger partial charge in [-0.1, -0.05) is 11.8 Å². The molecule has 0 atom stereocenters. The number of hydrogen-bond donors (Lipinski definition) is 1. The van der Waals surface area contributed by atoms with Gasteiger partial charge in [-0.3, -0.25) is 4.79 Å². The molecule has 0 unspecified atom stereocenters. The Morgan fingerprint density at radius 3 is 2.93 bits per heavy atom. The van der Waals surface area contributed by atoms with Crippen LogP contribution in [0, 0.1) is 17.7 Å². The molecular weight excluding hydrogens is 199 g/mol. The van der Waals surface area contributed by atoms with Gasteiger partial charge in [-0.25, -0.2) is 4.39 Å². The van der Waals surface area contributed by atoms with Crippen LogP contribution in [-0.4, -0.2) is 18.2 Å². The predicted molar refractivity (Wildman–Crippen MR) is 51.6 cm³/mol. The molecule has 0 aliphatic carbocycles. The smallest absolute Gasteiger partial charge is 0.317 e. The highest BCUT2D eigenvalue weighted by atomic mass is 19.1. The van der Waals surface area contributed by atoms with Gasteiger partial charge >= 0.3 is 5.97 Å². The highest BCUT2D eigenvalue weighted by Gasteiger charge is 1.99. The van der Waals surface area contributed by atoms with Crippen molar-refractivity contribution < 1.29 is 19.0 Å². The number of phenolic OH excluding ortho intramolecular Hbond substituents is 1. The first-order chi connectivity index (χ1) is 7.13.